The third-order valence-electron chi connectivity index (χ3n) is 3.30. The smallest absolute Gasteiger partial charge is 0.411 e. The fraction of sp³-hybridized carbons (Fsp3) is 0.385. The van der Waals surface area contributed by atoms with Gasteiger partial charge in [0, 0.05) is 17.9 Å². The van der Waals surface area contributed by atoms with Gasteiger partial charge in [0.05, 0.1) is 12.5 Å². The zero-order valence-electron chi connectivity index (χ0n) is 10.7. The molecule has 102 valence electrons. The van der Waals surface area contributed by atoms with Crippen molar-refractivity contribution < 1.29 is 14.3 Å². The Morgan fingerprint density at radius 2 is 1.74 bits per heavy atom. The first-order chi connectivity index (χ1) is 9.09. The van der Waals surface area contributed by atoms with Crippen molar-refractivity contribution in [1.82, 2.24) is 0 Å². The molecule has 2 rings (SSSR count). The fourth-order valence-electron chi connectivity index (χ4n) is 1.74. The maximum Gasteiger partial charge on any atom is 0.411 e. The predicted molar refractivity (Wildman–Crippen MR) is 71.8 cm³/mol. The number of hydrogen-bond donors (Lipinski definition) is 3. The van der Waals surface area contributed by atoms with Gasteiger partial charge in [-0.15, -0.1) is 0 Å². The number of amides is 2. The topological polar surface area (TPSA) is 93.5 Å². The second-order valence-electron chi connectivity index (χ2n) is 4.63. The van der Waals surface area contributed by atoms with Gasteiger partial charge in [-0.3, -0.25) is 10.1 Å². The van der Waals surface area contributed by atoms with Gasteiger partial charge in [-0.1, -0.05) is 0 Å². The molecule has 0 saturated heterocycles. The van der Waals surface area contributed by atoms with Gasteiger partial charge >= 0.3 is 6.09 Å². The number of anilines is 2. The summed E-state index contributed by atoms with van der Waals surface area (Å²) < 4.78 is 4.48. The summed E-state index contributed by atoms with van der Waals surface area (Å²) >= 11 is 0. The summed E-state index contributed by atoms with van der Waals surface area (Å²) in [5.74, 6) is -0.0383. The van der Waals surface area contributed by atoms with Crippen LogP contribution in [0, 0.1) is 5.41 Å². The Labute approximate surface area is 111 Å². The molecule has 6 nitrogen and oxygen atoms in total. The van der Waals surface area contributed by atoms with Crippen molar-refractivity contribution >= 4 is 23.4 Å². The summed E-state index contributed by atoms with van der Waals surface area (Å²) in [4.78, 5) is 23.0. The van der Waals surface area contributed by atoms with Crippen molar-refractivity contribution in [1.29, 1.82) is 0 Å². The highest BCUT2D eigenvalue weighted by Crippen LogP contribution is 2.45. The van der Waals surface area contributed by atoms with Crippen molar-refractivity contribution in [3.63, 3.8) is 0 Å². The molecular formula is C13H17N3O3. The van der Waals surface area contributed by atoms with Gasteiger partial charge in [-0.25, -0.2) is 4.79 Å². The lowest BCUT2D eigenvalue weighted by molar-refractivity contribution is -0.120. The number of carbonyl (C=O) groups excluding carboxylic acids is 2. The number of ether oxygens (including phenoxy) is 1. The third kappa shape index (κ3) is 3.03. The molecule has 0 aliphatic heterocycles. The van der Waals surface area contributed by atoms with Crippen molar-refractivity contribution in [2.24, 2.45) is 11.1 Å². The van der Waals surface area contributed by atoms with Gasteiger partial charge < -0.3 is 15.8 Å². The second-order valence-corrected chi connectivity index (χ2v) is 4.63. The fourth-order valence-corrected chi connectivity index (χ4v) is 1.74. The Bertz CT molecular complexity index is 480. The molecule has 1 aromatic carbocycles. The van der Waals surface area contributed by atoms with Crippen LogP contribution < -0.4 is 16.4 Å². The van der Waals surface area contributed by atoms with Crippen LogP contribution in [0.1, 0.15) is 12.8 Å². The van der Waals surface area contributed by atoms with Crippen LogP contribution in [0.5, 0.6) is 0 Å². The van der Waals surface area contributed by atoms with E-state index in [0.29, 0.717) is 17.9 Å². The average molecular weight is 263 g/mol. The Kier molecular flexibility index (Phi) is 3.71. The van der Waals surface area contributed by atoms with E-state index >= 15 is 0 Å². The van der Waals surface area contributed by atoms with Crippen LogP contribution in [0.3, 0.4) is 0 Å². The summed E-state index contributed by atoms with van der Waals surface area (Å²) in [7, 11) is 1.30. The highest BCUT2D eigenvalue weighted by Gasteiger charge is 2.48. The number of nitrogens with two attached hydrogens (primary N) is 1. The predicted octanol–water partition coefficient (Wildman–Crippen LogP) is 1.54. The van der Waals surface area contributed by atoms with Crippen molar-refractivity contribution in [3.05, 3.63) is 24.3 Å². The molecule has 1 aliphatic carbocycles. The minimum Gasteiger partial charge on any atom is -0.453 e. The number of nitrogens with one attached hydrogen (secondary N) is 2. The first-order valence-corrected chi connectivity index (χ1v) is 6.06. The molecule has 1 aliphatic rings. The summed E-state index contributed by atoms with van der Waals surface area (Å²) in [5.41, 5.74) is 6.51. The molecule has 0 heterocycles. The van der Waals surface area contributed by atoms with Crippen LogP contribution in [-0.2, 0) is 9.53 Å². The standard InChI is InChI=1S/C13H17N3O3/c1-19-12(18)16-10-4-2-9(3-5-10)15-11(17)13(8-14)6-7-13/h2-5H,6-8,14H2,1H3,(H,15,17)(H,16,18). The van der Waals surface area contributed by atoms with E-state index < -0.39 is 6.09 Å². The van der Waals surface area contributed by atoms with Gasteiger partial charge in [-0.05, 0) is 37.1 Å². The monoisotopic (exact) mass is 263 g/mol. The molecule has 6 heteroatoms. The average Bonchev–Trinajstić information content (AvgIpc) is 3.22. The second kappa shape index (κ2) is 5.27. The minimum atomic E-state index is -0.531. The number of hydrogen-bond acceptors (Lipinski definition) is 4. The molecule has 0 bridgehead atoms. The van der Waals surface area contributed by atoms with E-state index in [-0.39, 0.29) is 11.3 Å². The van der Waals surface area contributed by atoms with E-state index in [1.165, 1.54) is 7.11 Å². The maximum absolute atomic E-state index is 12.0. The van der Waals surface area contributed by atoms with Gasteiger partial charge in [0.15, 0.2) is 0 Å². The number of rotatable bonds is 4. The first kappa shape index (κ1) is 13.4. The van der Waals surface area contributed by atoms with E-state index in [9.17, 15) is 9.59 Å². The number of carbonyl (C=O) groups is 2. The zero-order chi connectivity index (χ0) is 13.9. The molecule has 1 fully saturated rings. The van der Waals surface area contributed by atoms with E-state index in [0.717, 1.165) is 12.8 Å². The van der Waals surface area contributed by atoms with Crippen LogP contribution in [0.25, 0.3) is 0 Å². The summed E-state index contributed by atoms with van der Waals surface area (Å²) in [6, 6.07) is 6.81. The molecule has 1 saturated carbocycles. The SMILES string of the molecule is COC(=O)Nc1ccc(NC(=O)C2(CN)CC2)cc1. The quantitative estimate of drug-likeness (QED) is 0.768. The summed E-state index contributed by atoms with van der Waals surface area (Å²) in [6.45, 7) is 0.376. The van der Waals surface area contributed by atoms with Crippen LogP contribution in [0.4, 0.5) is 16.2 Å². The van der Waals surface area contributed by atoms with Crippen molar-refractivity contribution in [2.75, 3.05) is 24.3 Å². The highest BCUT2D eigenvalue weighted by molar-refractivity contribution is 5.97. The van der Waals surface area contributed by atoms with Gasteiger partial charge in [0.25, 0.3) is 0 Å². The van der Waals surface area contributed by atoms with Crippen molar-refractivity contribution in [2.45, 2.75) is 12.8 Å². The molecule has 0 radical (unpaired) electrons. The molecule has 0 atom stereocenters. The number of methoxy groups -OCH3 is 1. The Morgan fingerprint density at radius 3 is 2.16 bits per heavy atom. The van der Waals surface area contributed by atoms with Crippen LogP contribution in [0.2, 0.25) is 0 Å². The molecule has 4 N–H and O–H groups in total. The molecular weight excluding hydrogens is 246 g/mol. The third-order valence-corrected chi connectivity index (χ3v) is 3.30. The van der Waals surface area contributed by atoms with Crippen LogP contribution >= 0.6 is 0 Å². The van der Waals surface area contributed by atoms with E-state index in [2.05, 4.69) is 15.4 Å². The lowest BCUT2D eigenvalue weighted by atomic mass is 10.1. The summed E-state index contributed by atoms with van der Waals surface area (Å²) in [5, 5.41) is 5.36. The summed E-state index contributed by atoms with van der Waals surface area (Å²) in [6.07, 6.45) is 1.16. The van der Waals surface area contributed by atoms with Gasteiger partial charge in [0.1, 0.15) is 0 Å². The Morgan fingerprint density at radius 1 is 1.21 bits per heavy atom. The van der Waals surface area contributed by atoms with E-state index in [1.54, 1.807) is 24.3 Å². The molecule has 1 aromatic rings. The first-order valence-electron chi connectivity index (χ1n) is 6.06. The van der Waals surface area contributed by atoms with Crippen LogP contribution in [-0.4, -0.2) is 25.7 Å². The van der Waals surface area contributed by atoms with E-state index in [4.69, 9.17) is 5.73 Å². The minimum absolute atomic E-state index is 0.0383. The lowest BCUT2D eigenvalue weighted by Crippen LogP contribution is -2.30. The zero-order valence-corrected chi connectivity index (χ0v) is 10.7. The largest absolute Gasteiger partial charge is 0.453 e. The van der Waals surface area contributed by atoms with Gasteiger partial charge in [0.2, 0.25) is 5.91 Å². The maximum atomic E-state index is 12.0. The normalized spacial score (nSPS) is 15.5. The van der Waals surface area contributed by atoms with Gasteiger partial charge in [-0.2, -0.15) is 0 Å². The highest BCUT2D eigenvalue weighted by atomic mass is 16.5. The Hall–Kier alpha value is -2.08. The van der Waals surface area contributed by atoms with E-state index in [1.807, 2.05) is 0 Å². The molecule has 0 aromatic heterocycles. The lowest BCUT2D eigenvalue weighted by Gasteiger charge is -2.13. The molecule has 19 heavy (non-hydrogen) atoms. The molecule has 0 spiro atoms. The molecule has 0 unspecified atom stereocenters. The van der Waals surface area contributed by atoms with Crippen molar-refractivity contribution in [3.8, 4) is 0 Å². The Balaban J connectivity index is 1.95. The van der Waals surface area contributed by atoms with Crippen LogP contribution in [0.15, 0.2) is 24.3 Å². The number of benzene rings is 1. The molecule has 2 amide bonds.